The summed E-state index contributed by atoms with van der Waals surface area (Å²) in [5.41, 5.74) is 0. The topological polar surface area (TPSA) is 58.1 Å². The highest BCUT2D eigenvalue weighted by atomic mass is 32.2. The van der Waals surface area contributed by atoms with Crippen LogP contribution in [0.3, 0.4) is 0 Å². The van der Waals surface area contributed by atoms with Gasteiger partial charge in [-0.1, -0.05) is 0 Å². The summed E-state index contributed by atoms with van der Waals surface area (Å²) in [4.78, 5) is 22.5. The molecule has 1 amide bonds. The molecule has 16 heavy (non-hydrogen) atoms. The molecule has 2 rings (SSSR count). The number of nitrogens with zero attached hydrogens (tertiary/aromatic N) is 3. The number of likely N-dealkylation sites (tertiary alicyclic amines) is 1. The molecule has 1 fully saturated rings. The van der Waals surface area contributed by atoms with Crippen molar-refractivity contribution in [3.05, 3.63) is 12.4 Å². The Bertz CT molecular complexity index is 368. The molecule has 0 radical (unpaired) electrons. The second-order valence-corrected chi connectivity index (χ2v) is 4.42. The Balaban J connectivity index is 1.86. The van der Waals surface area contributed by atoms with Gasteiger partial charge in [-0.3, -0.25) is 4.79 Å². The fraction of sp³-hybridized carbons (Fsp3) is 0.500. The van der Waals surface area contributed by atoms with Crippen LogP contribution in [0.1, 0.15) is 12.8 Å². The number of rotatable bonds is 4. The number of aromatic nitrogens is 2. The Morgan fingerprint density at radius 1 is 1.50 bits per heavy atom. The largest absolute Gasteiger partial charge is 0.337 e. The van der Waals surface area contributed by atoms with Crippen molar-refractivity contribution in [2.75, 3.05) is 24.8 Å². The molecule has 1 saturated heterocycles. The molecule has 1 aliphatic rings. The van der Waals surface area contributed by atoms with Crippen LogP contribution in [-0.4, -0.2) is 40.2 Å². The van der Waals surface area contributed by atoms with Crippen molar-refractivity contribution in [1.82, 2.24) is 14.9 Å². The Labute approximate surface area is 98.6 Å². The van der Waals surface area contributed by atoms with Gasteiger partial charge in [0.25, 0.3) is 0 Å². The zero-order valence-electron chi connectivity index (χ0n) is 9.14. The van der Waals surface area contributed by atoms with Gasteiger partial charge in [-0.25, -0.2) is 9.97 Å². The maximum Gasteiger partial charge on any atom is 0.224 e. The highest BCUT2D eigenvalue weighted by Gasteiger charge is 2.19. The van der Waals surface area contributed by atoms with Crippen molar-refractivity contribution in [1.29, 1.82) is 0 Å². The molecule has 0 spiro atoms. The molecule has 0 aromatic carbocycles. The van der Waals surface area contributed by atoms with E-state index in [4.69, 9.17) is 0 Å². The lowest BCUT2D eigenvalue weighted by molar-refractivity contribution is -0.127. The molecule has 0 atom stereocenters. The van der Waals surface area contributed by atoms with Crippen molar-refractivity contribution < 1.29 is 4.79 Å². The maximum atomic E-state index is 11.3. The summed E-state index contributed by atoms with van der Waals surface area (Å²) in [6, 6.07) is 0. The third-order valence-corrected chi connectivity index (χ3v) is 3.15. The molecule has 0 unspecified atom stereocenters. The van der Waals surface area contributed by atoms with E-state index < -0.39 is 0 Å². The standard InChI is InChI=1S/C10H14N4OS/c1-16-8-5-11-10(12-6-8)13-7-14-4-2-3-9(14)15/h5-6H,2-4,7H2,1H3,(H,11,12,13). The van der Waals surface area contributed by atoms with Gasteiger partial charge in [-0.15, -0.1) is 11.8 Å². The summed E-state index contributed by atoms with van der Waals surface area (Å²) in [5.74, 6) is 0.769. The van der Waals surface area contributed by atoms with Crippen LogP contribution in [-0.2, 0) is 4.79 Å². The molecule has 1 aromatic rings. The second kappa shape index (κ2) is 5.16. The second-order valence-electron chi connectivity index (χ2n) is 3.54. The monoisotopic (exact) mass is 238 g/mol. The number of carbonyl (C=O) groups is 1. The number of nitrogens with one attached hydrogen (secondary N) is 1. The Morgan fingerprint density at radius 2 is 2.25 bits per heavy atom. The van der Waals surface area contributed by atoms with Crippen LogP contribution in [0, 0.1) is 0 Å². The predicted molar refractivity (Wildman–Crippen MR) is 63.2 cm³/mol. The highest BCUT2D eigenvalue weighted by molar-refractivity contribution is 7.98. The maximum absolute atomic E-state index is 11.3. The molecule has 0 saturated carbocycles. The van der Waals surface area contributed by atoms with Crippen molar-refractivity contribution in [2.24, 2.45) is 0 Å². The van der Waals surface area contributed by atoms with Crippen LogP contribution >= 0.6 is 11.8 Å². The van der Waals surface area contributed by atoms with Gasteiger partial charge >= 0.3 is 0 Å². The molecule has 86 valence electrons. The number of carbonyl (C=O) groups excluding carboxylic acids is 1. The SMILES string of the molecule is CSc1cnc(NCN2CCCC2=O)nc1. The van der Waals surface area contributed by atoms with Gasteiger partial charge in [0.15, 0.2) is 0 Å². The summed E-state index contributed by atoms with van der Waals surface area (Å²) >= 11 is 1.60. The van der Waals surface area contributed by atoms with E-state index in [-0.39, 0.29) is 5.91 Å². The Hall–Kier alpha value is -1.30. The number of hydrogen-bond acceptors (Lipinski definition) is 5. The van der Waals surface area contributed by atoms with Crippen molar-refractivity contribution in [2.45, 2.75) is 17.7 Å². The molecule has 1 aromatic heterocycles. The van der Waals surface area contributed by atoms with Gasteiger partial charge in [-0.05, 0) is 12.7 Å². The van der Waals surface area contributed by atoms with E-state index in [1.165, 1.54) is 0 Å². The molecule has 6 heteroatoms. The minimum Gasteiger partial charge on any atom is -0.337 e. The number of anilines is 1. The third kappa shape index (κ3) is 2.63. The average molecular weight is 238 g/mol. The lowest BCUT2D eigenvalue weighted by Crippen LogP contribution is -2.30. The zero-order chi connectivity index (χ0) is 11.4. The van der Waals surface area contributed by atoms with Crippen LogP contribution < -0.4 is 5.32 Å². The molecular weight excluding hydrogens is 224 g/mol. The van der Waals surface area contributed by atoms with E-state index in [9.17, 15) is 4.79 Å². The smallest absolute Gasteiger partial charge is 0.224 e. The van der Waals surface area contributed by atoms with E-state index in [0.29, 0.717) is 19.0 Å². The van der Waals surface area contributed by atoms with Crippen LogP contribution in [0.4, 0.5) is 5.95 Å². The number of thioether (sulfide) groups is 1. The highest BCUT2D eigenvalue weighted by Crippen LogP contribution is 2.13. The summed E-state index contributed by atoms with van der Waals surface area (Å²) in [7, 11) is 0. The number of hydrogen-bond donors (Lipinski definition) is 1. The van der Waals surface area contributed by atoms with E-state index in [2.05, 4.69) is 15.3 Å². The van der Waals surface area contributed by atoms with Gasteiger partial charge in [0.1, 0.15) is 0 Å². The van der Waals surface area contributed by atoms with Crippen LogP contribution in [0.2, 0.25) is 0 Å². The molecular formula is C10H14N4OS. The first-order chi connectivity index (χ1) is 7.79. The minimum atomic E-state index is 0.202. The lowest BCUT2D eigenvalue weighted by atomic mass is 10.4. The normalized spacial score (nSPS) is 15.6. The minimum absolute atomic E-state index is 0.202. The zero-order valence-corrected chi connectivity index (χ0v) is 9.96. The first-order valence-corrected chi connectivity index (χ1v) is 6.40. The van der Waals surface area contributed by atoms with Gasteiger partial charge in [0, 0.05) is 30.3 Å². The Morgan fingerprint density at radius 3 is 2.81 bits per heavy atom. The van der Waals surface area contributed by atoms with E-state index in [1.54, 1.807) is 29.1 Å². The fourth-order valence-corrected chi connectivity index (χ4v) is 1.87. The molecule has 0 aliphatic carbocycles. The van der Waals surface area contributed by atoms with Gasteiger partial charge in [0.2, 0.25) is 11.9 Å². The first-order valence-electron chi connectivity index (χ1n) is 5.17. The van der Waals surface area contributed by atoms with Crippen LogP contribution in [0.5, 0.6) is 0 Å². The summed E-state index contributed by atoms with van der Waals surface area (Å²) in [6.07, 6.45) is 7.13. The van der Waals surface area contributed by atoms with Crippen molar-refractivity contribution >= 4 is 23.6 Å². The molecule has 1 aliphatic heterocycles. The molecule has 0 bridgehead atoms. The average Bonchev–Trinajstić information content (AvgIpc) is 2.73. The molecule has 5 nitrogen and oxygen atoms in total. The molecule has 1 N–H and O–H groups in total. The van der Waals surface area contributed by atoms with E-state index in [0.717, 1.165) is 17.9 Å². The van der Waals surface area contributed by atoms with Crippen LogP contribution in [0.15, 0.2) is 17.3 Å². The first kappa shape index (κ1) is 11.2. The van der Waals surface area contributed by atoms with Gasteiger partial charge in [-0.2, -0.15) is 0 Å². The van der Waals surface area contributed by atoms with E-state index >= 15 is 0 Å². The summed E-state index contributed by atoms with van der Waals surface area (Å²) < 4.78 is 0. The van der Waals surface area contributed by atoms with Gasteiger partial charge < -0.3 is 10.2 Å². The fourth-order valence-electron chi connectivity index (χ4n) is 1.55. The number of amides is 1. The predicted octanol–water partition coefficient (Wildman–Crippen LogP) is 1.19. The molecule has 2 heterocycles. The summed E-state index contributed by atoms with van der Waals surface area (Å²) in [5, 5.41) is 3.04. The quantitative estimate of drug-likeness (QED) is 0.798. The van der Waals surface area contributed by atoms with Crippen molar-refractivity contribution in [3.63, 3.8) is 0 Å². The van der Waals surface area contributed by atoms with E-state index in [1.807, 2.05) is 6.26 Å². The van der Waals surface area contributed by atoms with Gasteiger partial charge in [0.05, 0.1) is 6.67 Å². The summed E-state index contributed by atoms with van der Waals surface area (Å²) in [6.45, 7) is 1.33. The van der Waals surface area contributed by atoms with Crippen LogP contribution in [0.25, 0.3) is 0 Å². The Kier molecular flexibility index (Phi) is 3.61. The lowest BCUT2D eigenvalue weighted by Gasteiger charge is -2.15. The van der Waals surface area contributed by atoms with Crippen molar-refractivity contribution in [3.8, 4) is 0 Å². The third-order valence-electron chi connectivity index (χ3n) is 2.46.